The lowest BCUT2D eigenvalue weighted by Gasteiger charge is -1.96. The van der Waals surface area contributed by atoms with Crippen molar-refractivity contribution in [2.45, 2.75) is 6.54 Å². The SMILES string of the molecule is Cn1ccc(CNc2nc3c([N+](=O)[O-])cccc3o2)n1. The molecule has 1 aromatic carbocycles. The summed E-state index contributed by atoms with van der Waals surface area (Å²) >= 11 is 0. The van der Waals surface area contributed by atoms with Crippen molar-refractivity contribution in [1.82, 2.24) is 14.8 Å². The van der Waals surface area contributed by atoms with Crippen molar-refractivity contribution in [1.29, 1.82) is 0 Å². The zero-order valence-corrected chi connectivity index (χ0v) is 10.6. The molecule has 2 heterocycles. The number of fused-ring (bicyclic) bond motifs is 1. The fourth-order valence-corrected chi connectivity index (χ4v) is 1.88. The molecule has 1 N–H and O–H groups in total. The zero-order valence-electron chi connectivity index (χ0n) is 10.6. The number of para-hydroxylation sites is 1. The summed E-state index contributed by atoms with van der Waals surface area (Å²) in [4.78, 5) is 14.5. The van der Waals surface area contributed by atoms with Crippen LogP contribution in [-0.4, -0.2) is 19.7 Å². The lowest BCUT2D eigenvalue weighted by molar-refractivity contribution is -0.383. The molecule has 2 aromatic heterocycles. The van der Waals surface area contributed by atoms with Crippen LogP contribution in [0.2, 0.25) is 0 Å². The second-order valence-electron chi connectivity index (χ2n) is 4.23. The Hall–Kier alpha value is -2.90. The second kappa shape index (κ2) is 4.65. The molecule has 102 valence electrons. The van der Waals surface area contributed by atoms with Gasteiger partial charge in [0.15, 0.2) is 11.1 Å². The smallest absolute Gasteiger partial charge is 0.298 e. The normalized spacial score (nSPS) is 10.8. The number of nitrogens with one attached hydrogen (secondary N) is 1. The van der Waals surface area contributed by atoms with Crippen LogP contribution in [0.25, 0.3) is 11.1 Å². The van der Waals surface area contributed by atoms with Crippen LogP contribution in [0.1, 0.15) is 5.69 Å². The number of nitrogens with zero attached hydrogens (tertiary/aromatic N) is 4. The number of anilines is 1. The van der Waals surface area contributed by atoms with Gasteiger partial charge in [0.1, 0.15) is 0 Å². The number of benzene rings is 1. The van der Waals surface area contributed by atoms with E-state index in [0.29, 0.717) is 12.1 Å². The van der Waals surface area contributed by atoms with E-state index in [4.69, 9.17) is 4.42 Å². The van der Waals surface area contributed by atoms with E-state index in [1.807, 2.05) is 19.3 Å². The molecule has 0 unspecified atom stereocenters. The lowest BCUT2D eigenvalue weighted by Crippen LogP contribution is -2.01. The van der Waals surface area contributed by atoms with Gasteiger partial charge in [-0.05, 0) is 12.1 Å². The highest BCUT2D eigenvalue weighted by molar-refractivity contribution is 5.83. The number of hydrogen-bond acceptors (Lipinski definition) is 6. The summed E-state index contributed by atoms with van der Waals surface area (Å²) in [5.74, 6) is 0. The van der Waals surface area contributed by atoms with E-state index < -0.39 is 4.92 Å². The van der Waals surface area contributed by atoms with Crippen LogP contribution < -0.4 is 5.32 Å². The van der Waals surface area contributed by atoms with Crippen LogP contribution in [-0.2, 0) is 13.6 Å². The summed E-state index contributed by atoms with van der Waals surface area (Å²) in [6.45, 7) is 0.432. The summed E-state index contributed by atoms with van der Waals surface area (Å²) in [6.07, 6.45) is 1.83. The number of aromatic nitrogens is 3. The van der Waals surface area contributed by atoms with E-state index >= 15 is 0 Å². The summed E-state index contributed by atoms with van der Waals surface area (Å²) in [5, 5.41) is 18.1. The van der Waals surface area contributed by atoms with Crippen molar-refractivity contribution in [3.8, 4) is 0 Å². The molecule has 0 radical (unpaired) electrons. The molecule has 0 aliphatic carbocycles. The Morgan fingerprint density at radius 1 is 1.45 bits per heavy atom. The quantitative estimate of drug-likeness (QED) is 0.577. The Kier molecular flexibility index (Phi) is 2.82. The van der Waals surface area contributed by atoms with Crippen molar-refractivity contribution in [2.75, 3.05) is 5.32 Å². The number of rotatable bonds is 4. The topological polar surface area (TPSA) is 99.0 Å². The molecule has 0 amide bonds. The summed E-state index contributed by atoms with van der Waals surface area (Å²) in [7, 11) is 1.83. The molecule has 8 heteroatoms. The lowest BCUT2D eigenvalue weighted by atomic mass is 10.3. The maximum Gasteiger partial charge on any atom is 0.298 e. The van der Waals surface area contributed by atoms with E-state index in [9.17, 15) is 10.1 Å². The summed E-state index contributed by atoms with van der Waals surface area (Å²) in [5.41, 5.74) is 1.37. The highest BCUT2D eigenvalue weighted by Crippen LogP contribution is 2.27. The van der Waals surface area contributed by atoms with Crippen LogP contribution in [0.15, 0.2) is 34.9 Å². The van der Waals surface area contributed by atoms with E-state index in [2.05, 4.69) is 15.4 Å². The summed E-state index contributed by atoms with van der Waals surface area (Å²) in [6, 6.07) is 6.70. The first-order valence-corrected chi connectivity index (χ1v) is 5.90. The minimum atomic E-state index is -0.479. The van der Waals surface area contributed by atoms with Crippen molar-refractivity contribution in [3.63, 3.8) is 0 Å². The van der Waals surface area contributed by atoms with Gasteiger partial charge in [0.25, 0.3) is 11.7 Å². The third-order valence-electron chi connectivity index (χ3n) is 2.78. The zero-order chi connectivity index (χ0) is 14.1. The minimum absolute atomic E-state index is 0.0721. The molecule has 0 bridgehead atoms. The van der Waals surface area contributed by atoms with Crippen LogP contribution in [0.3, 0.4) is 0 Å². The molecule has 20 heavy (non-hydrogen) atoms. The maximum absolute atomic E-state index is 10.9. The fraction of sp³-hybridized carbons (Fsp3) is 0.167. The van der Waals surface area contributed by atoms with Crippen LogP contribution in [0.4, 0.5) is 11.7 Å². The second-order valence-corrected chi connectivity index (χ2v) is 4.23. The highest BCUT2D eigenvalue weighted by Gasteiger charge is 2.17. The van der Waals surface area contributed by atoms with Crippen molar-refractivity contribution in [3.05, 3.63) is 46.3 Å². The van der Waals surface area contributed by atoms with E-state index in [1.54, 1.807) is 16.8 Å². The highest BCUT2D eigenvalue weighted by atomic mass is 16.6. The predicted molar refractivity (Wildman–Crippen MR) is 71.2 cm³/mol. The van der Waals surface area contributed by atoms with Gasteiger partial charge < -0.3 is 9.73 Å². The average molecular weight is 273 g/mol. The molecule has 0 saturated carbocycles. The molecule has 0 atom stereocenters. The van der Waals surface area contributed by atoms with Gasteiger partial charge in [-0.3, -0.25) is 14.8 Å². The van der Waals surface area contributed by atoms with Gasteiger partial charge in [0, 0.05) is 19.3 Å². The molecule has 0 fully saturated rings. The van der Waals surface area contributed by atoms with Gasteiger partial charge in [-0.15, -0.1) is 0 Å². The van der Waals surface area contributed by atoms with Crippen molar-refractivity contribution in [2.24, 2.45) is 7.05 Å². The number of nitro groups is 1. The van der Waals surface area contributed by atoms with Gasteiger partial charge in [0.2, 0.25) is 0 Å². The molecule has 3 aromatic rings. The van der Waals surface area contributed by atoms with Crippen molar-refractivity contribution >= 4 is 22.8 Å². The molecule has 8 nitrogen and oxygen atoms in total. The molecule has 0 saturated heterocycles. The van der Waals surface area contributed by atoms with Gasteiger partial charge in [-0.25, -0.2) is 0 Å². The minimum Gasteiger partial charge on any atom is -0.423 e. The number of non-ortho nitro benzene ring substituents is 1. The first kappa shape index (κ1) is 12.2. The van der Waals surface area contributed by atoms with Gasteiger partial charge in [-0.1, -0.05) is 6.07 Å². The Balaban J connectivity index is 1.86. The standard InChI is InChI=1S/C12H11N5O3/c1-16-6-5-8(15-16)7-13-12-14-11-9(17(18)19)3-2-4-10(11)20-12/h2-6H,7H2,1H3,(H,13,14). The monoisotopic (exact) mass is 273 g/mol. The molecule has 0 aliphatic rings. The first-order valence-electron chi connectivity index (χ1n) is 5.90. The van der Waals surface area contributed by atoms with Gasteiger partial charge in [-0.2, -0.15) is 10.1 Å². The Morgan fingerprint density at radius 2 is 2.30 bits per heavy atom. The molecule has 0 spiro atoms. The van der Waals surface area contributed by atoms with E-state index in [-0.39, 0.29) is 17.2 Å². The third kappa shape index (κ3) is 2.18. The Bertz CT molecular complexity index is 776. The van der Waals surface area contributed by atoms with Gasteiger partial charge >= 0.3 is 0 Å². The van der Waals surface area contributed by atoms with E-state index in [0.717, 1.165) is 5.69 Å². The molecule has 3 rings (SSSR count). The average Bonchev–Trinajstić information content (AvgIpc) is 3.01. The summed E-state index contributed by atoms with van der Waals surface area (Å²) < 4.78 is 7.11. The van der Waals surface area contributed by atoms with Crippen LogP contribution >= 0.6 is 0 Å². The van der Waals surface area contributed by atoms with Crippen molar-refractivity contribution < 1.29 is 9.34 Å². The maximum atomic E-state index is 10.9. The fourth-order valence-electron chi connectivity index (χ4n) is 1.88. The largest absolute Gasteiger partial charge is 0.423 e. The van der Waals surface area contributed by atoms with Gasteiger partial charge in [0.05, 0.1) is 17.2 Å². The van der Waals surface area contributed by atoms with Crippen LogP contribution in [0.5, 0.6) is 0 Å². The third-order valence-corrected chi connectivity index (χ3v) is 2.78. The van der Waals surface area contributed by atoms with E-state index in [1.165, 1.54) is 6.07 Å². The number of nitro benzene ring substituents is 1. The Morgan fingerprint density at radius 3 is 3.00 bits per heavy atom. The number of aryl methyl sites for hydroxylation is 1. The molecular formula is C12H11N5O3. The predicted octanol–water partition coefficient (Wildman–Crippen LogP) is 2.08. The molecule has 0 aliphatic heterocycles. The number of oxazole rings is 1. The van der Waals surface area contributed by atoms with Crippen LogP contribution in [0, 0.1) is 10.1 Å². The molecular weight excluding hydrogens is 262 g/mol. The Labute approximate surface area is 113 Å². The first-order chi connectivity index (χ1) is 9.63. The number of hydrogen-bond donors (Lipinski definition) is 1.